The van der Waals surface area contributed by atoms with Gasteiger partial charge in [0.1, 0.15) is 0 Å². The van der Waals surface area contributed by atoms with Gasteiger partial charge in [0.2, 0.25) is 0 Å². The van der Waals surface area contributed by atoms with E-state index in [1.165, 1.54) is 16.7 Å². The lowest BCUT2D eigenvalue weighted by atomic mass is 9.88. The number of hydrogen-bond donors (Lipinski definition) is 1. The Labute approximate surface area is 111 Å². The third-order valence-electron chi connectivity index (χ3n) is 3.92. The van der Waals surface area contributed by atoms with Crippen LogP contribution in [0.5, 0.6) is 0 Å². The van der Waals surface area contributed by atoms with Crippen molar-refractivity contribution in [1.82, 2.24) is 0 Å². The first-order valence-electron chi connectivity index (χ1n) is 6.81. The average Bonchev–Trinajstić information content (AvgIpc) is 2.34. The molecular formula is C16H26O2. The molecule has 0 saturated carbocycles. The minimum atomic E-state index is -0.470. The van der Waals surface area contributed by atoms with Crippen LogP contribution in [0.4, 0.5) is 0 Å². The molecule has 1 aromatic rings. The van der Waals surface area contributed by atoms with Gasteiger partial charge in [-0.15, -0.1) is 0 Å². The van der Waals surface area contributed by atoms with Gasteiger partial charge >= 0.3 is 0 Å². The van der Waals surface area contributed by atoms with Gasteiger partial charge in [0.25, 0.3) is 0 Å². The van der Waals surface area contributed by atoms with Gasteiger partial charge in [-0.2, -0.15) is 0 Å². The molecule has 2 nitrogen and oxygen atoms in total. The molecule has 0 aliphatic carbocycles. The van der Waals surface area contributed by atoms with E-state index in [9.17, 15) is 5.11 Å². The molecule has 2 atom stereocenters. The van der Waals surface area contributed by atoms with Gasteiger partial charge in [0, 0.05) is 13.0 Å². The molecule has 2 unspecified atom stereocenters. The second kappa shape index (κ2) is 6.35. The molecule has 102 valence electrons. The summed E-state index contributed by atoms with van der Waals surface area (Å²) in [7, 11) is 0. The van der Waals surface area contributed by atoms with Crippen molar-refractivity contribution in [3.05, 3.63) is 34.9 Å². The van der Waals surface area contributed by atoms with Gasteiger partial charge in [0.05, 0.1) is 11.7 Å². The molecule has 0 aromatic heterocycles. The van der Waals surface area contributed by atoms with Gasteiger partial charge in [-0.3, -0.25) is 0 Å². The third kappa shape index (κ3) is 3.33. The van der Waals surface area contributed by atoms with Crippen molar-refractivity contribution in [2.24, 2.45) is 0 Å². The lowest BCUT2D eigenvalue weighted by molar-refractivity contribution is -0.110. The van der Waals surface area contributed by atoms with Gasteiger partial charge in [-0.05, 0) is 50.8 Å². The van der Waals surface area contributed by atoms with E-state index >= 15 is 0 Å². The predicted molar refractivity (Wildman–Crippen MR) is 75.9 cm³/mol. The summed E-state index contributed by atoms with van der Waals surface area (Å²) < 4.78 is 5.74. The van der Waals surface area contributed by atoms with E-state index in [0.717, 1.165) is 6.42 Å². The highest BCUT2D eigenvalue weighted by Gasteiger charge is 2.32. The number of aliphatic hydroxyl groups excluding tert-OH is 1. The van der Waals surface area contributed by atoms with Gasteiger partial charge < -0.3 is 9.84 Å². The molecule has 0 aliphatic heterocycles. The van der Waals surface area contributed by atoms with Crippen molar-refractivity contribution in [3.8, 4) is 0 Å². The highest BCUT2D eigenvalue weighted by molar-refractivity contribution is 5.34. The van der Waals surface area contributed by atoms with Gasteiger partial charge in [0.15, 0.2) is 0 Å². The van der Waals surface area contributed by atoms with Gasteiger partial charge in [-0.25, -0.2) is 0 Å². The Kier molecular flexibility index (Phi) is 5.36. The van der Waals surface area contributed by atoms with Crippen LogP contribution in [0.1, 0.15) is 43.9 Å². The van der Waals surface area contributed by atoms with Crippen LogP contribution < -0.4 is 0 Å². The monoisotopic (exact) mass is 250 g/mol. The predicted octanol–water partition coefficient (Wildman–Crippen LogP) is 3.41. The topological polar surface area (TPSA) is 29.5 Å². The lowest BCUT2D eigenvalue weighted by Gasteiger charge is -2.34. The zero-order valence-electron chi connectivity index (χ0n) is 12.3. The van der Waals surface area contributed by atoms with Crippen LogP contribution >= 0.6 is 0 Å². The van der Waals surface area contributed by atoms with Crippen LogP contribution in [0.3, 0.4) is 0 Å². The molecule has 1 aromatic carbocycles. The summed E-state index contributed by atoms with van der Waals surface area (Å²) in [6.07, 6.45) is 0.998. The quantitative estimate of drug-likeness (QED) is 0.838. The molecule has 2 heteroatoms. The average molecular weight is 250 g/mol. The first-order valence-corrected chi connectivity index (χ1v) is 6.81. The molecule has 0 heterocycles. The van der Waals surface area contributed by atoms with E-state index < -0.39 is 11.7 Å². The molecule has 0 spiro atoms. The van der Waals surface area contributed by atoms with E-state index in [1.54, 1.807) is 0 Å². The maximum atomic E-state index is 10.5. The normalized spacial score (nSPS) is 16.3. The Bertz CT molecular complexity index is 366. The fraction of sp³-hybridized carbons (Fsp3) is 0.625. The van der Waals surface area contributed by atoms with E-state index in [0.29, 0.717) is 13.0 Å². The zero-order valence-corrected chi connectivity index (χ0v) is 12.3. The highest BCUT2D eigenvalue weighted by atomic mass is 16.5. The molecule has 0 bridgehead atoms. The first kappa shape index (κ1) is 15.2. The van der Waals surface area contributed by atoms with Crippen LogP contribution in [0.25, 0.3) is 0 Å². The van der Waals surface area contributed by atoms with Crippen LogP contribution in [-0.4, -0.2) is 23.4 Å². The molecular weight excluding hydrogens is 224 g/mol. The maximum absolute atomic E-state index is 10.5. The summed E-state index contributed by atoms with van der Waals surface area (Å²) in [6, 6.07) is 6.25. The summed E-state index contributed by atoms with van der Waals surface area (Å²) in [5, 5.41) is 10.5. The molecule has 18 heavy (non-hydrogen) atoms. The Morgan fingerprint density at radius 2 is 1.78 bits per heavy atom. The molecule has 1 N–H and O–H groups in total. The molecule has 0 fully saturated rings. The number of aliphatic hydroxyl groups is 1. The number of rotatable bonds is 6. The summed E-state index contributed by atoms with van der Waals surface area (Å²) >= 11 is 0. The smallest absolute Gasteiger partial charge is 0.0912 e. The molecule has 0 aliphatic rings. The summed E-state index contributed by atoms with van der Waals surface area (Å²) in [5.41, 5.74) is 3.26. The van der Waals surface area contributed by atoms with Gasteiger partial charge in [-0.1, -0.05) is 25.1 Å². The molecule has 0 radical (unpaired) electrons. The van der Waals surface area contributed by atoms with E-state index in [1.807, 2.05) is 13.8 Å². The Hall–Kier alpha value is -0.860. The van der Waals surface area contributed by atoms with Crippen molar-refractivity contribution in [2.45, 2.75) is 59.2 Å². The molecule has 1 rings (SSSR count). The second-order valence-corrected chi connectivity index (χ2v) is 5.19. The molecule has 0 amide bonds. The zero-order chi connectivity index (χ0) is 13.8. The maximum Gasteiger partial charge on any atom is 0.0912 e. The van der Waals surface area contributed by atoms with Crippen LogP contribution in [0.2, 0.25) is 0 Å². The molecule has 0 saturated heterocycles. The fourth-order valence-electron chi connectivity index (χ4n) is 2.34. The van der Waals surface area contributed by atoms with Crippen molar-refractivity contribution < 1.29 is 9.84 Å². The Morgan fingerprint density at radius 3 is 2.22 bits per heavy atom. The largest absolute Gasteiger partial charge is 0.390 e. The second-order valence-electron chi connectivity index (χ2n) is 5.19. The van der Waals surface area contributed by atoms with Crippen molar-refractivity contribution >= 4 is 0 Å². The Balaban J connectivity index is 2.89. The van der Waals surface area contributed by atoms with Crippen LogP contribution in [0, 0.1) is 13.8 Å². The minimum Gasteiger partial charge on any atom is -0.390 e. The highest BCUT2D eigenvalue weighted by Crippen LogP contribution is 2.25. The number of aryl methyl sites for hydroxylation is 2. The van der Waals surface area contributed by atoms with E-state index in [4.69, 9.17) is 4.74 Å². The fourth-order valence-corrected chi connectivity index (χ4v) is 2.34. The summed E-state index contributed by atoms with van der Waals surface area (Å²) in [6.45, 7) is 10.9. The standard InChI is InChI=1S/C16H26O2/c1-6-16(5,18-7-2)15(17)11-14-12(3)9-8-10-13(14)4/h8-10,15,17H,6-7,11H2,1-5H3. The Morgan fingerprint density at radius 1 is 1.22 bits per heavy atom. The van der Waals surface area contributed by atoms with Crippen LogP contribution in [-0.2, 0) is 11.2 Å². The summed E-state index contributed by atoms with van der Waals surface area (Å²) in [4.78, 5) is 0. The van der Waals surface area contributed by atoms with Crippen molar-refractivity contribution in [2.75, 3.05) is 6.61 Å². The summed E-state index contributed by atoms with van der Waals surface area (Å²) in [5.74, 6) is 0. The van der Waals surface area contributed by atoms with Crippen molar-refractivity contribution in [3.63, 3.8) is 0 Å². The van der Waals surface area contributed by atoms with E-state index in [-0.39, 0.29) is 0 Å². The number of hydrogen-bond acceptors (Lipinski definition) is 2. The van der Waals surface area contributed by atoms with Crippen LogP contribution in [0.15, 0.2) is 18.2 Å². The first-order chi connectivity index (χ1) is 8.44. The minimum absolute atomic E-state index is 0.455. The van der Waals surface area contributed by atoms with Crippen molar-refractivity contribution in [1.29, 1.82) is 0 Å². The number of ether oxygens (including phenoxy) is 1. The SMILES string of the molecule is CCOC(C)(CC)C(O)Cc1c(C)cccc1C. The third-order valence-corrected chi connectivity index (χ3v) is 3.92. The number of benzene rings is 1. The lowest BCUT2D eigenvalue weighted by Crippen LogP contribution is -2.43. The van der Waals surface area contributed by atoms with E-state index in [2.05, 4.69) is 39.0 Å².